The van der Waals surface area contributed by atoms with Crippen LogP contribution in [0.3, 0.4) is 0 Å². The fraction of sp³-hybridized carbons (Fsp3) is 0.455. The fourth-order valence-corrected chi connectivity index (χ4v) is 0.868. The molecule has 0 rings (SSSR count). The number of rotatable bonds is 6. The zero-order valence-electron chi connectivity index (χ0n) is 9.80. The molecule has 0 saturated heterocycles. The zero-order chi connectivity index (χ0) is 12.4. The number of hydrogen-bond donors (Lipinski definition) is 0. The Morgan fingerprint density at radius 3 is 1.69 bits per heavy atom. The lowest BCUT2D eigenvalue weighted by Gasteiger charge is -2.10. The smallest absolute Gasteiger partial charge is 0.330 e. The van der Waals surface area contributed by atoms with Gasteiger partial charge in [0.05, 0.1) is 14.2 Å². The van der Waals surface area contributed by atoms with Gasteiger partial charge in [-0.15, -0.1) is 0 Å². The average molecular weight is 227 g/mol. The Kier molecular flexibility index (Phi) is 7.79. The first kappa shape index (κ1) is 14.4. The van der Waals surface area contributed by atoms with E-state index in [1.165, 1.54) is 26.4 Å². The summed E-state index contributed by atoms with van der Waals surface area (Å²) in [7, 11) is 4.52. The number of methoxy groups -OCH3 is 2. The predicted molar refractivity (Wildman–Crippen MR) is 59.8 cm³/mol. The summed E-state index contributed by atoms with van der Waals surface area (Å²) < 4.78 is 8.88. The zero-order valence-corrected chi connectivity index (χ0v) is 9.80. The second kappa shape index (κ2) is 8.67. The summed E-state index contributed by atoms with van der Waals surface area (Å²) in [5, 5.41) is 0. The summed E-state index contributed by atoms with van der Waals surface area (Å²) >= 11 is 0. The van der Waals surface area contributed by atoms with Crippen LogP contribution in [0.5, 0.6) is 0 Å². The van der Waals surface area contributed by atoms with E-state index in [2.05, 4.69) is 9.47 Å². The van der Waals surface area contributed by atoms with Gasteiger partial charge in [-0.3, -0.25) is 4.90 Å². The van der Waals surface area contributed by atoms with Gasteiger partial charge in [0.15, 0.2) is 0 Å². The minimum Gasteiger partial charge on any atom is -0.466 e. The minimum atomic E-state index is -0.376. The first-order valence-electron chi connectivity index (χ1n) is 4.77. The fourth-order valence-electron chi connectivity index (χ4n) is 0.868. The number of carbonyl (C=O) groups excluding carboxylic acids is 2. The maximum absolute atomic E-state index is 10.7. The van der Waals surface area contributed by atoms with Crippen molar-refractivity contribution in [2.45, 2.75) is 0 Å². The van der Waals surface area contributed by atoms with Crippen molar-refractivity contribution in [3.05, 3.63) is 24.3 Å². The summed E-state index contributed by atoms with van der Waals surface area (Å²) in [6.07, 6.45) is 6.11. The molecule has 0 aliphatic carbocycles. The Morgan fingerprint density at radius 2 is 1.38 bits per heavy atom. The first-order chi connectivity index (χ1) is 7.60. The Bertz CT molecular complexity index is 256. The van der Waals surface area contributed by atoms with Crippen LogP contribution in [-0.4, -0.2) is 51.2 Å². The number of nitrogens with zero attached hydrogens (tertiary/aromatic N) is 1. The van der Waals surface area contributed by atoms with Crippen molar-refractivity contribution in [3.8, 4) is 0 Å². The van der Waals surface area contributed by atoms with E-state index < -0.39 is 0 Å². The molecule has 0 aliphatic heterocycles. The van der Waals surface area contributed by atoms with E-state index in [0.717, 1.165) is 0 Å². The molecule has 0 aromatic heterocycles. The van der Waals surface area contributed by atoms with E-state index in [1.807, 2.05) is 11.9 Å². The van der Waals surface area contributed by atoms with Gasteiger partial charge in [-0.25, -0.2) is 9.59 Å². The highest BCUT2D eigenvalue weighted by Gasteiger charge is 1.95. The molecule has 0 radical (unpaired) electrons. The summed E-state index contributed by atoms with van der Waals surface area (Å²) in [5.74, 6) is -0.753. The highest BCUT2D eigenvalue weighted by molar-refractivity contribution is 5.82. The summed E-state index contributed by atoms with van der Waals surface area (Å²) in [4.78, 5) is 23.4. The lowest BCUT2D eigenvalue weighted by molar-refractivity contribution is -0.135. The largest absolute Gasteiger partial charge is 0.466 e. The van der Waals surface area contributed by atoms with Crippen LogP contribution in [-0.2, 0) is 19.1 Å². The van der Waals surface area contributed by atoms with Crippen LogP contribution in [0.1, 0.15) is 0 Å². The summed E-state index contributed by atoms with van der Waals surface area (Å²) in [6.45, 7) is 1.20. The monoisotopic (exact) mass is 227 g/mol. The van der Waals surface area contributed by atoms with E-state index in [-0.39, 0.29) is 11.9 Å². The van der Waals surface area contributed by atoms with Crippen molar-refractivity contribution in [2.24, 2.45) is 0 Å². The standard InChI is InChI=1S/C11H17NO4/c1-12(8-4-6-10(13)15-2)9-5-7-11(14)16-3/h4-7H,8-9H2,1-3H3/b6-4+,7-5+. The Labute approximate surface area is 95.3 Å². The minimum absolute atomic E-state index is 0.376. The molecule has 0 fully saturated rings. The van der Waals surface area contributed by atoms with Crippen molar-refractivity contribution < 1.29 is 19.1 Å². The third kappa shape index (κ3) is 7.75. The van der Waals surface area contributed by atoms with Gasteiger partial charge in [-0.05, 0) is 7.05 Å². The highest BCUT2D eigenvalue weighted by atomic mass is 16.5. The van der Waals surface area contributed by atoms with Crippen LogP contribution in [0, 0.1) is 0 Å². The molecule has 0 amide bonds. The molecule has 16 heavy (non-hydrogen) atoms. The predicted octanol–water partition coefficient (Wildman–Crippen LogP) is 0.377. The number of likely N-dealkylation sites (N-methyl/N-ethyl adjacent to an activating group) is 1. The number of hydrogen-bond acceptors (Lipinski definition) is 5. The Balaban J connectivity index is 3.78. The van der Waals surface area contributed by atoms with Gasteiger partial charge >= 0.3 is 11.9 Å². The third-order valence-electron chi connectivity index (χ3n) is 1.74. The molecule has 0 heterocycles. The molecule has 0 aromatic carbocycles. The van der Waals surface area contributed by atoms with Crippen molar-refractivity contribution in [1.82, 2.24) is 4.90 Å². The van der Waals surface area contributed by atoms with Gasteiger partial charge in [0, 0.05) is 25.2 Å². The quantitative estimate of drug-likeness (QED) is 0.485. The second-order valence-corrected chi connectivity index (χ2v) is 3.07. The maximum atomic E-state index is 10.7. The number of esters is 2. The van der Waals surface area contributed by atoms with Crippen LogP contribution in [0.15, 0.2) is 24.3 Å². The van der Waals surface area contributed by atoms with Crippen LogP contribution in [0.4, 0.5) is 0 Å². The average Bonchev–Trinajstić information content (AvgIpc) is 2.28. The molecule has 0 aromatic rings. The van der Waals surface area contributed by atoms with Gasteiger partial charge in [-0.2, -0.15) is 0 Å². The van der Waals surface area contributed by atoms with Gasteiger partial charge < -0.3 is 9.47 Å². The summed E-state index contributed by atoms with van der Waals surface area (Å²) in [6, 6.07) is 0. The van der Waals surface area contributed by atoms with Crippen LogP contribution in [0.25, 0.3) is 0 Å². The summed E-state index contributed by atoms with van der Waals surface area (Å²) in [5.41, 5.74) is 0. The van der Waals surface area contributed by atoms with E-state index in [4.69, 9.17) is 0 Å². The molecule has 0 aliphatic rings. The SMILES string of the molecule is COC(=O)/C=C/CN(C)C/C=C/C(=O)OC. The molecular weight excluding hydrogens is 210 g/mol. The molecule has 0 atom stereocenters. The molecule has 5 nitrogen and oxygen atoms in total. The lowest BCUT2D eigenvalue weighted by atomic mass is 10.4. The molecule has 0 unspecified atom stereocenters. The maximum Gasteiger partial charge on any atom is 0.330 e. The molecular formula is C11H17NO4. The van der Waals surface area contributed by atoms with E-state index >= 15 is 0 Å². The Morgan fingerprint density at radius 1 is 1.00 bits per heavy atom. The van der Waals surface area contributed by atoms with E-state index in [9.17, 15) is 9.59 Å². The molecule has 0 spiro atoms. The normalized spacial score (nSPS) is 11.2. The Hall–Kier alpha value is -1.62. The first-order valence-corrected chi connectivity index (χ1v) is 4.77. The molecule has 0 N–H and O–H groups in total. The number of carbonyl (C=O) groups is 2. The van der Waals surface area contributed by atoms with Crippen LogP contribution < -0.4 is 0 Å². The highest BCUT2D eigenvalue weighted by Crippen LogP contribution is 1.87. The molecule has 90 valence electrons. The van der Waals surface area contributed by atoms with E-state index in [0.29, 0.717) is 13.1 Å². The second-order valence-electron chi connectivity index (χ2n) is 3.07. The van der Waals surface area contributed by atoms with Gasteiger partial charge in [-0.1, -0.05) is 12.2 Å². The van der Waals surface area contributed by atoms with Gasteiger partial charge in [0.1, 0.15) is 0 Å². The van der Waals surface area contributed by atoms with Crippen molar-refractivity contribution >= 4 is 11.9 Å². The van der Waals surface area contributed by atoms with Gasteiger partial charge in [0.2, 0.25) is 0 Å². The van der Waals surface area contributed by atoms with Gasteiger partial charge in [0.25, 0.3) is 0 Å². The van der Waals surface area contributed by atoms with E-state index in [1.54, 1.807) is 12.2 Å². The number of ether oxygens (including phenoxy) is 2. The van der Waals surface area contributed by atoms with Crippen molar-refractivity contribution in [3.63, 3.8) is 0 Å². The van der Waals surface area contributed by atoms with Crippen molar-refractivity contribution in [1.29, 1.82) is 0 Å². The lowest BCUT2D eigenvalue weighted by Crippen LogP contribution is -2.18. The van der Waals surface area contributed by atoms with Crippen LogP contribution >= 0.6 is 0 Å². The third-order valence-corrected chi connectivity index (χ3v) is 1.74. The molecule has 5 heteroatoms. The molecule has 0 saturated carbocycles. The van der Waals surface area contributed by atoms with Crippen molar-refractivity contribution in [2.75, 3.05) is 34.4 Å². The van der Waals surface area contributed by atoms with Crippen LogP contribution in [0.2, 0.25) is 0 Å². The molecule has 0 bridgehead atoms. The topological polar surface area (TPSA) is 55.8 Å².